The summed E-state index contributed by atoms with van der Waals surface area (Å²) in [5, 5.41) is 11.9. The van der Waals surface area contributed by atoms with Gasteiger partial charge in [-0.3, -0.25) is 14.3 Å². The van der Waals surface area contributed by atoms with E-state index in [0.29, 0.717) is 40.3 Å². The normalized spacial score (nSPS) is 14.0. The topological polar surface area (TPSA) is 99.1 Å². The van der Waals surface area contributed by atoms with Crippen molar-refractivity contribution >= 4 is 28.4 Å². The molecule has 3 N–H and O–H groups in total. The molecule has 3 aromatic carbocycles. The Kier molecular flexibility index (Phi) is 7.54. The standard InChI is InChI=1S/C37H39NO5/c1-20-12-13-21(2)30-29(20)34(41)31(35(30)42)26-16-15-23-10-9-11-27(32(23)38-26)43-28(39)17-14-22-18-24(36(3,4)5)33(40)25(19-22)37(6,7)8/h9-13,15-16,18-19,31,40H,14,17H2,1-8H3/p+2. The zero-order chi connectivity index (χ0) is 31.4. The third-order valence-corrected chi connectivity index (χ3v) is 8.36. The number of ketones is 2. The summed E-state index contributed by atoms with van der Waals surface area (Å²) in [5.74, 6) is -0.793. The molecule has 0 saturated carbocycles. The second-order valence-corrected chi connectivity index (χ2v) is 13.8. The third-order valence-electron chi connectivity index (χ3n) is 8.36. The summed E-state index contributed by atoms with van der Waals surface area (Å²) in [6.45, 7) is 16.1. The van der Waals surface area contributed by atoms with Crippen LogP contribution in [0.1, 0.15) is 108 Å². The number of aromatic amines is 1. The summed E-state index contributed by atoms with van der Waals surface area (Å²) < 4.78 is 5.96. The largest absolute Gasteiger partial charge is 0.507 e. The molecule has 43 heavy (non-hydrogen) atoms. The van der Waals surface area contributed by atoms with Crippen LogP contribution in [0.3, 0.4) is 0 Å². The Morgan fingerprint density at radius 2 is 1.42 bits per heavy atom. The summed E-state index contributed by atoms with van der Waals surface area (Å²) in [6, 6.07) is 16.9. The molecular formula is C37H41NO5+2. The molecule has 5 rings (SSSR count). The third kappa shape index (κ3) is 5.58. The van der Waals surface area contributed by atoms with E-state index < -0.39 is 5.92 Å². The van der Waals surface area contributed by atoms with E-state index in [1.165, 1.54) is 0 Å². The fraction of sp³-hybridized carbons (Fsp3) is 0.351. The van der Waals surface area contributed by atoms with Crippen LogP contribution in [0.4, 0.5) is 0 Å². The minimum atomic E-state index is -0.951. The lowest BCUT2D eigenvalue weighted by Crippen LogP contribution is -2.24. The van der Waals surface area contributed by atoms with Crippen molar-refractivity contribution in [3.63, 3.8) is 0 Å². The van der Waals surface area contributed by atoms with E-state index in [4.69, 9.17) is 4.74 Å². The summed E-state index contributed by atoms with van der Waals surface area (Å²) in [7, 11) is 0. The monoisotopic (exact) mass is 579 g/mol. The number of hydrogen-bond acceptors (Lipinski definition) is 4. The van der Waals surface area contributed by atoms with E-state index in [0.717, 1.165) is 33.2 Å². The average Bonchev–Trinajstić information content (AvgIpc) is 3.19. The zero-order valence-corrected chi connectivity index (χ0v) is 26.3. The van der Waals surface area contributed by atoms with Gasteiger partial charge in [0.15, 0.2) is 23.2 Å². The van der Waals surface area contributed by atoms with Gasteiger partial charge in [-0.15, -0.1) is 0 Å². The molecule has 0 amide bonds. The van der Waals surface area contributed by atoms with Gasteiger partial charge in [-0.25, -0.2) is 4.98 Å². The van der Waals surface area contributed by atoms with E-state index in [-0.39, 0.29) is 34.8 Å². The van der Waals surface area contributed by atoms with Gasteiger partial charge in [0.1, 0.15) is 12.2 Å². The second kappa shape index (κ2) is 10.7. The van der Waals surface area contributed by atoms with Crippen molar-refractivity contribution in [1.82, 2.24) is 0 Å². The van der Waals surface area contributed by atoms with Crippen LogP contribution in [0.5, 0.6) is 11.5 Å². The van der Waals surface area contributed by atoms with Gasteiger partial charge < -0.3 is 9.90 Å². The van der Waals surface area contributed by atoms with Crippen molar-refractivity contribution in [3.8, 4) is 11.5 Å². The lowest BCUT2D eigenvalue weighted by atomic mass is 9.78. The van der Waals surface area contributed by atoms with Gasteiger partial charge in [0.25, 0.3) is 5.52 Å². The molecule has 0 unspecified atom stereocenters. The van der Waals surface area contributed by atoms with Crippen LogP contribution in [0.2, 0.25) is 0 Å². The highest BCUT2D eigenvalue weighted by Crippen LogP contribution is 2.40. The van der Waals surface area contributed by atoms with Crippen molar-refractivity contribution in [2.75, 3.05) is 0 Å². The first kappa shape index (κ1) is 30.1. The van der Waals surface area contributed by atoms with Crippen molar-refractivity contribution in [2.24, 2.45) is 0 Å². The number of benzene rings is 3. The smallest absolute Gasteiger partial charge is 0.489 e. The number of phenolic OH excluding ortho intramolecular Hbond substituents is 1. The molecule has 0 fully saturated rings. The van der Waals surface area contributed by atoms with Crippen molar-refractivity contribution in [1.29, 1.82) is 0 Å². The van der Waals surface area contributed by atoms with E-state index in [1.54, 1.807) is 12.1 Å². The Labute approximate surface area is 253 Å². The predicted octanol–water partition coefficient (Wildman–Crippen LogP) is 7.25. The molecule has 6 heteroatoms. The number of fused-ring (bicyclic) bond motifs is 2. The minimum Gasteiger partial charge on any atom is -0.507 e. The Balaban J connectivity index is 1.41. The number of pyridine rings is 1. The van der Waals surface area contributed by atoms with Crippen LogP contribution in [0.15, 0.2) is 54.6 Å². The fourth-order valence-electron chi connectivity index (χ4n) is 5.99. The van der Waals surface area contributed by atoms with Gasteiger partial charge in [0.2, 0.25) is 0 Å². The Morgan fingerprint density at radius 1 is 0.860 bits per heavy atom. The average molecular weight is 580 g/mol. The minimum absolute atomic E-state index is 0.152. The summed E-state index contributed by atoms with van der Waals surface area (Å²) in [5.41, 5.74) is 5.90. The number of nitrogens with one attached hydrogen (secondary N) is 1. The highest BCUT2D eigenvalue weighted by Gasteiger charge is 2.45. The highest BCUT2D eigenvalue weighted by molar-refractivity contribution is 6.30. The molecule has 1 aliphatic carbocycles. The fourth-order valence-corrected chi connectivity index (χ4v) is 5.99. The Hall–Kier alpha value is -4.32. The summed E-state index contributed by atoms with van der Waals surface area (Å²) >= 11 is 0. The first-order valence-corrected chi connectivity index (χ1v) is 14.8. The van der Waals surface area contributed by atoms with E-state index >= 15 is 0 Å². The Morgan fingerprint density at radius 3 is 1.95 bits per heavy atom. The number of aromatic nitrogens is 1. The molecule has 0 radical (unpaired) electrons. The maximum Gasteiger partial charge on any atom is 0.489 e. The molecule has 6 nitrogen and oxygen atoms in total. The maximum absolute atomic E-state index is 13.5. The van der Waals surface area contributed by atoms with Crippen molar-refractivity contribution in [3.05, 3.63) is 99.2 Å². The summed E-state index contributed by atoms with van der Waals surface area (Å²) in [6.07, 6.45) is 0.765. The number of ether oxygens (including phenoxy) is 1. The summed E-state index contributed by atoms with van der Waals surface area (Å²) in [4.78, 5) is 41.1. The predicted molar refractivity (Wildman–Crippen MR) is 169 cm³/mol. The molecule has 4 aromatic rings. The number of hydrogen-bond donors (Lipinski definition) is 1. The molecule has 0 atom stereocenters. The number of aromatic hydroxyl groups is 1. The van der Waals surface area contributed by atoms with Crippen LogP contribution in [-0.2, 0) is 17.3 Å². The van der Waals surface area contributed by atoms with E-state index in [2.05, 4.69) is 46.5 Å². The number of esters is 1. The van der Waals surface area contributed by atoms with Crippen LogP contribution in [0, 0.1) is 13.8 Å². The van der Waals surface area contributed by atoms with E-state index in [9.17, 15) is 19.5 Å². The molecule has 222 valence electrons. The number of carbonyl (C=O) groups is 2. The first-order valence-electron chi connectivity index (χ1n) is 14.8. The van der Waals surface area contributed by atoms with Gasteiger partial charge in [0.05, 0.1) is 5.39 Å². The van der Waals surface area contributed by atoms with E-state index in [1.807, 2.05) is 56.3 Å². The van der Waals surface area contributed by atoms with Crippen LogP contribution < -0.4 is 9.72 Å². The molecule has 0 bridgehead atoms. The zero-order valence-electron chi connectivity index (χ0n) is 26.3. The van der Waals surface area contributed by atoms with Crippen LogP contribution in [-0.4, -0.2) is 27.4 Å². The number of aryl methyl sites for hydroxylation is 3. The number of H-pyrrole nitrogens is 1. The number of Topliss-reactive ketones (excluding diaryl/α,β-unsaturated/α-hetero) is 2. The lowest BCUT2D eigenvalue weighted by molar-refractivity contribution is -0.357. The first-order chi connectivity index (χ1) is 20.1. The number of phenols is 1. The Bertz CT molecular complexity index is 1730. The van der Waals surface area contributed by atoms with Gasteiger partial charge in [-0.2, -0.15) is 0 Å². The van der Waals surface area contributed by atoms with Gasteiger partial charge in [-0.05, 0) is 71.0 Å². The number of carbonyl (C=O) groups excluding carboxylic acids is 3. The highest BCUT2D eigenvalue weighted by atomic mass is 16.5. The molecule has 1 aliphatic rings. The second-order valence-electron chi connectivity index (χ2n) is 13.8. The molecule has 1 heterocycles. The molecule has 0 aliphatic heterocycles. The van der Waals surface area contributed by atoms with Gasteiger partial charge >= 0.3 is 11.7 Å². The quantitative estimate of drug-likeness (QED) is 0.117. The number of rotatable bonds is 5. The molecule has 0 spiro atoms. The van der Waals surface area contributed by atoms with Crippen molar-refractivity contribution < 1.29 is 29.2 Å². The SMILES string of the molecule is Cc1ccc(C)c2c1C(=O)C(c1ccc3cccc(OC(=[OH+])CCc4cc(C(C)(C)C)c(O)c(C(C)(C)C)c4)c3[nH+]1)C2=O. The lowest BCUT2D eigenvalue weighted by Gasteiger charge is -2.28. The van der Waals surface area contributed by atoms with Gasteiger partial charge in [-0.1, -0.05) is 71.9 Å². The van der Waals surface area contributed by atoms with Crippen molar-refractivity contribution in [2.45, 2.75) is 85.0 Å². The van der Waals surface area contributed by atoms with Gasteiger partial charge in [0, 0.05) is 23.3 Å². The molecular weight excluding hydrogens is 538 g/mol. The van der Waals surface area contributed by atoms with Crippen LogP contribution >= 0.6 is 0 Å². The maximum atomic E-state index is 13.5. The van der Waals surface area contributed by atoms with Crippen LogP contribution in [0.25, 0.3) is 10.9 Å². The molecule has 0 saturated heterocycles. The molecule has 1 aromatic heterocycles. The number of para-hydroxylation sites is 1.